The Balaban J connectivity index is 1.65. The van der Waals surface area contributed by atoms with Crippen molar-refractivity contribution in [1.82, 2.24) is 4.90 Å². The highest BCUT2D eigenvalue weighted by Crippen LogP contribution is 2.29. The number of carbonyl (C=O) groups excluding carboxylic acids is 1. The fourth-order valence-electron chi connectivity index (χ4n) is 3.14. The van der Waals surface area contributed by atoms with Crippen molar-refractivity contribution in [2.24, 2.45) is 0 Å². The van der Waals surface area contributed by atoms with E-state index in [0.29, 0.717) is 30.2 Å². The van der Waals surface area contributed by atoms with Crippen molar-refractivity contribution >= 4 is 11.7 Å². The van der Waals surface area contributed by atoms with E-state index in [2.05, 4.69) is 5.32 Å². The summed E-state index contributed by atoms with van der Waals surface area (Å²) in [4.78, 5) is 14.4. The Kier molecular flexibility index (Phi) is 5.05. The lowest BCUT2D eigenvalue weighted by Gasteiger charge is -2.26. The molecule has 1 aliphatic rings. The molecule has 2 N–H and O–H groups in total. The number of aliphatic hydroxyl groups excluding tert-OH is 1. The predicted molar refractivity (Wildman–Crippen MR) is 90.0 cm³/mol. The molecule has 1 fully saturated rings. The molecular weight excluding hydrogens is 308 g/mol. The minimum atomic E-state index is -0.704. The van der Waals surface area contributed by atoms with E-state index in [1.165, 1.54) is 0 Å². The number of hydrogen-bond donors (Lipinski definition) is 2. The highest BCUT2D eigenvalue weighted by atomic mass is 16.5. The summed E-state index contributed by atoms with van der Waals surface area (Å²) in [6.07, 6.45) is 3.10. The SMILES string of the molecule is COc1ccccc1NC(=O)N1CCC[C@H]1C[C@@H](O)c1ccco1. The molecule has 0 bridgehead atoms. The van der Waals surface area contributed by atoms with Gasteiger partial charge in [-0.1, -0.05) is 12.1 Å². The van der Waals surface area contributed by atoms with Crippen LogP contribution in [0.25, 0.3) is 0 Å². The van der Waals surface area contributed by atoms with Gasteiger partial charge >= 0.3 is 6.03 Å². The van der Waals surface area contributed by atoms with Gasteiger partial charge in [-0.3, -0.25) is 0 Å². The number of methoxy groups -OCH3 is 1. The average Bonchev–Trinajstić information content (AvgIpc) is 3.27. The lowest BCUT2D eigenvalue weighted by atomic mass is 10.1. The number of urea groups is 1. The fraction of sp³-hybridized carbons (Fsp3) is 0.389. The maximum absolute atomic E-state index is 12.6. The number of furan rings is 1. The lowest BCUT2D eigenvalue weighted by molar-refractivity contribution is 0.110. The summed E-state index contributed by atoms with van der Waals surface area (Å²) in [5.74, 6) is 1.16. The highest BCUT2D eigenvalue weighted by molar-refractivity contribution is 5.91. The zero-order valence-electron chi connectivity index (χ0n) is 13.6. The minimum Gasteiger partial charge on any atom is -0.495 e. The Morgan fingerprint density at radius 2 is 2.25 bits per heavy atom. The van der Waals surface area contributed by atoms with Gasteiger partial charge in [-0.05, 0) is 37.1 Å². The van der Waals surface area contributed by atoms with Crippen LogP contribution in [0.4, 0.5) is 10.5 Å². The first kappa shape index (κ1) is 16.4. The van der Waals surface area contributed by atoms with Crippen LogP contribution in [0.2, 0.25) is 0 Å². The van der Waals surface area contributed by atoms with Crippen LogP contribution < -0.4 is 10.1 Å². The molecule has 128 valence electrons. The summed E-state index contributed by atoms with van der Waals surface area (Å²) < 4.78 is 10.5. The van der Waals surface area contributed by atoms with Crippen molar-refractivity contribution in [1.29, 1.82) is 0 Å². The van der Waals surface area contributed by atoms with Gasteiger partial charge in [-0.25, -0.2) is 4.79 Å². The van der Waals surface area contributed by atoms with E-state index in [-0.39, 0.29) is 12.1 Å². The largest absolute Gasteiger partial charge is 0.495 e. The number of aliphatic hydroxyl groups is 1. The van der Waals surface area contributed by atoms with Crippen LogP contribution in [0.3, 0.4) is 0 Å². The second kappa shape index (κ2) is 7.40. The molecule has 1 aromatic carbocycles. The van der Waals surface area contributed by atoms with Crippen molar-refractivity contribution in [3.8, 4) is 5.75 Å². The Morgan fingerprint density at radius 1 is 1.42 bits per heavy atom. The maximum Gasteiger partial charge on any atom is 0.322 e. The maximum atomic E-state index is 12.6. The van der Waals surface area contributed by atoms with E-state index >= 15 is 0 Å². The first-order chi connectivity index (χ1) is 11.7. The second-order valence-corrected chi connectivity index (χ2v) is 5.89. The molecule has 1 aromatic heterocycles. The summed E-state index contributed by atoms with van der Waals surface area (Å²) in [7, 11) is 1.57. The normalized spacial score (nSPS) is 18.4. The van der Waals surface area contributed by atoms with Gasteiger partial charge in [-0.15, -0.1) is 0 Å². The zero-order valence-corrected chi connectivity index (χ0v) is 13.6. The van der Waals surface area contributed by atoms with E-state index in [0.717, 1.165) is 12.8 Å². The first-order valence-electron chi connectivity index (χ1n) is 8.11. The van der Waals surface area contributed by atoms with Crippen LogP contribution in [-0.2, 0) is 0 Å². The molecule has 0 spiro atoms. The molecule has 3 rings (SSSR count). The fourth-order valence-corrected chi connectivity index (χ4v) is 3.14. The molecule has 2 heterocycles. The highest BCUT2D eigenvalue weighted by Gasteiger charge is 2.31. The number of benzene rings is 1. The van der Waals surface area contributed by atoms with Gasteiger partial charge in [0.1, 0.15) is 17.6 Å². The van der Waals surface area contributed by atoms with Gasteiger partial charge in [-0.2, -0.15) is 0 Å². The van der Waals surface area contributed by atoms with Crippen LogP contribution in [0.1, 0.15) is 31.1 Å². The topological polar surface area (TPSA) is 74.9 Å². The van der Waals surface area contributed by atoms with E-state index in [4.69, 9.17) is 9.15 Å². The van der Waals surface area contributed by atoms with Crippen molar-refractivity contribution < 1.29 is 19.1 Å². The third-order valence-electron chi connectivity index (χ3n) is 4.35. The van der Waals surface area contributed by atoms with E-state index in [1.807, 2.05) is 12.1 Å². The second-order valence-electron chi connectivity index (χ2n) is 5.89. The molecule has 2 aromatic rings. The van der Waals surface area contributed by atoms with E-state index in [1.54, 1.807) is 42.5 Å². The molecule has 2 amide bonds. The number of likely N-dealkylation sites (tertiary alicyclic amines) is 1. The van der Waals surface area contributed by atoms with Gasteiger partial charge in [0.05, 0.1) is 19.1 Å². The third kappa shape index (κ3) is 3.54. The zero-order chi connectivity index (χ0) is 16.9. The summed E-state index contributed by atoms with van der Waals surface area (Å²) in [6, 6.07) is 10.6. The molecule has 0 radical (unpaired) electrons. The summed E-state index contributed by atoms with van der Waals surface area (Å²) in [6.45, 7) is 0.677. The molecule has 2 atom stereocenters. The van der Waals surface area contributed by atoms with Crippen molar-refractivity contribution in [3.05, 3.63) is 48.4 Å². The van der Waals surface area contributed by atoms with E-state index < -0.39 is 6.10 Å². The molecule has 6 nitrogen and oxygen atoms in total. The molecule has 0 aliphatic carbocycles. The quantitative estimate of drug-likeness (QED) is 0.881. The molecule has 1 saturated heterocycles. The number of carbonyl (C=O) groups is 1. The number of rotatable bonds is 5. The van der Waals surface area contributed by atoms with Crippen LogP contribution in [-0.4, -0.2) is 35.7 Å². The van der Waals surface area contributed by atoms with Crippen LogP contribution >= 0.6 is 0 Å². The first-order valence-corrected chi connectivity index (χ1v) is 8.11. The van der Waals surface area contributed by atoms with Crippen LogP contribution in [0.15, 0.2) is 47.1 Å². The molecule has 0 saturated carbocycles. The van der Waals surface area contributed by atoms with Gasteiger partial charge in [0.25, 0.3) is 0 Å². The van der Waals surface area contributed by atoms with Crippen LogP contribution in [0.5, 0.6) is 5.75 Å². The van der Waals surface area contributed by atoms with Gasteiger partial charge < -0.3 is 24.5 Å². The molecule has 1 aliphatic heterocycles. The standard InChI is InChI=1S/C18H22N2O4/c1-23-16-8-3-2-7-14(16)19-18(22)20-10-4-6-13(20)12-15(21)17-9-5-11-24-17/h2-3,5,7-9,11,13,15,21H,4,6,10,12H2,1H3,(H,19,22)/t13-,15+/m0/s1. The van der Waals surface area contributed by atoms with Crippen LogP contribution in [0, 0.1) is 0 Å². The van der Waals surface area contributed by atoms with E-state index in [9.17, 15) is 9.90 Å². The summed E-state index contributed by atoms with van der Waals surface area (Å²) in [5, 5.41) is 13.2. The number of anilines is 1. The Labute approximate surface area is 141 Å². The van der Waals surface area contributed by atoms with Gasteiger partial charge in [0, 0.05) is 19.0 Å². The number of nitrogens with zero attached hydrogens (tertiary/aromatic N) is 1. The number of ether oxygens (including phenoxy) is 1. The predicted octanol–water partition coefficient (Wildman–Crippen LogP) is 3.41. The van der Waals surface area contributed by atoms with Crippen molar-refractivity contribution in [2.45, 2.75) is 31.4 Å². The lowest BCUT2D eigenvalue weighted by Crippen LogP contribution is -2.39. The van der Waals surface area contributed by atoms with Crippen molar-refractivity contribution in [2.75, 3.05) is 19.0 Å². The van der Waals surface area contributed by atoms with Gasteiger partial charge in [0.15, 0.2) is 0 Å². The Morgan fingerprint density at radius 3 is 3.00 bits per heavy atom. The summed E-state index contributed by atoms with van der Waals surface area (Å²) >= 11 is 0. The van der Waals surface area contributed by atoms with Gasteiger partial charge in [0.2, 0.25) is 0 Å². The Bertz CT molecular complexity index is 671. The number of para-hydroxylation sites is 2. The third-order valence-corrected chi connectivity index (χ3v) is 4.35. The number of hydrogen-bond acceptors (Lipinski definition) is 4. The average molecular weight is 330 g/mol. The molecular formula is C18H22N2O4. The smallest absolute Gasteiger partial charge is 0.322 e. The molecule has 0 unspecified atom stereocenters. The molecule has 6 heteroatoms. The number of nitrogens with one attached hydrogen (secondary N) is 1. The monoisotopic (exact) mass is 330 g/mol. The Hall–Kier alpha value is -2.47. The molecule has 24 heavy (non-hydrogen) atoms. The number of amides is 2. The van der Waals surface area contributed by atoms with Crippen molar-refractivity contribution in [3.63, 3.8) is 0 Å². The summed E-state index contributed by atoms with van der Waals surface area (Å²) in [5.41, 5.74) is 0.641. The minimum absolute atomic E-state index is 0.0141.